The van der Waals surface area contributed by atoms with Crippen molar-refractivity contribution in [1.82, 2.24) is 9.80 Å². The summed E-state index contributed by atoms with van der Waals surface area (Å²) in [6.45, 7) is 12.0. The molecule has 1 aromatic heterocycles. The zero-order valence-corrected chi connectivity index (χ0v) is 17.3. The molecule has 0 radical (unpaired) electrons. The van der Waals surface area contributed by atoms with E-state index in [1.165, 1.54) is 52.4 Å². The van der Waals surface area contributed by atoms with Crippen LogP contribution in [-0.4, -0.2) is 63.8 Å². The van der Waals surface area contributed by atoms with Crippen LogP contribution in [0.1, 0.15) is 31.9 Å². The third-order valence-corrected chi connectivity index (χ3v) is 5.06. The van der Waals surface area contributed by atoms with E-state index in [1.54, 1.807) is 5.57 Å². The number of allylic oxidation sites excluding steroid dienone is 3. The molecule has 0 amide bonds. The second-order valence-electron chi connectivity index (χ2n) is 7.07. The first-order chi connectivity index (χ1) is 13.1. The second kappa shape index (κ2) is 11.2. The fourth-order valence-corrected chi connectivity index (χ4v) is 3.41. The molecule has 0 atom stereocenters. The molecule has 1 aliphatic carbocycles. The van der Waals surface area contributed by atoms with E-state index in [1.807, 2.05) is 13.0 Å². The van der Waals surface area contributed by atoms with Gasteiger partial charge in [-0.3, -0.25) is 4.90 Å². The molecule has 2 heterocycles. The van der Waals surface area contributed by atoms with Gasteiger partial charge in [0.25, 0.3) is 0 Å². The van der Waals surface area contributed by atoms with Gasteiger partial charge in [0.1, 0.15) is 11.2 Å². The van der Waals surface area contributed by atoms with Gasteiger partial charge in [-0.2, -0.15) is 0 Å². The van der Waals surface area contributed by atoms with Gasteiger partial charge in [0.15, 0.2) is 0 Å². The Balaban J connectivity index is 0.000000596. The number of hydrogen-bond acceptors (Lipinski definition) is 5. The van der Waals surface area contributed by atoms with Crippen LogP contribution in [0.4, 0.5) is 0 Å². The lowest BCUT2D eigenvalue weighted by atomic mass is 9.96. The molecular formula is C22H34N2O3. The minimum atomic E-state index is 0.893. The fraction of sp³-hybridized carbons (Fsp3) is 0.545. The second-order valence-corrected chi connectivity index (χ2v) is 7.07. The van der Waals surface area contributed by atoms with E-state index in [0.29, 0.717) is 0 Å². The van der Waals surface area contributed by atoms with Crippen LogP contribution in [0, 0.1) is 0 Å². The van der Waals surface area contributed by atoms with Crippen molar-refractivity contribution >= 4 is 18.2 Å². The molecule has 2 aliphatic rings. The van der Waals surface area contributed by atoms with Gasteiger partial charge in [0.05, 0.1) is 14.2 Å². The van der Waals surface area contributed by atoms with Crippen molar-refractivity contribution in [1.29, 1.82) is 0 Å². The first-order valence-corrected chi connectivity index (χ1v) is 9.69. The highest BCUT2D eigenvalue weighted by Crippen LogP contribution is 2.26. The molecule has 1 saturated heterocycles. The molecule has 0 saturated carbocycles. The molecule has 0 unspecified atom stereocenters. The molecule has 1 aromatic rings. The Morgan fingerprint density at radius 3 is 2.48 bits per heavy atom. The molecule has 27 heavy (non-hydrogen) atoms. The van der Waals surface area contributed by atoms with Gasteiger partial charge in [-0.1, -0.05) is 24.3 Å². The summed E-state index contributed by atoms with van der Waals surface area (Å²) < 4.78 is 5.89. The van der Waals surface area contributed by atoms with Gasteiger partial charge in [-0.25, -0.2) is 9.78 Å². The smallest absolute Gasteiger partial charge is 0.131 e. The Kier molecular flexibility index (Phi) is 9.01. The molecule has 0 bridgehead atoms. The third-order valence-electron chi connectivity index (χ3n) is 5.06. The molecular weight excluding hydrogens is 340 g/mol. The molecule has 150 valence electrons. The standard InChI is InChI=1S/C20H28N2O.C2H6O2/c1-4-19-16(2)14-20(23-19)18-8-6-17(7-9-18)15-22-11-5-10-21(3)12-13-22;1-3-4-2/h4,6,8,14H,2,5,7,9-13,15H2,1,3H3;1-2H3/b19-4-;. The summed E-state index contributed by atoms with van der Waals surface area (Å²) in [6, 6.07) is 2.06. The molecule has 5 heteroatoms. The highest BCUT2D eigenvalue weighted by molar-refractivity contribution is 5.65. The predicted molar refractivity (Wildman–Crippen MR) is 111 cm³/mol. The topological polar surface area (TPSA) is 38.1 Å². The first kappa shape index (κ1) is 21.6. The van der Waals surface area contributed by atoms with E-state index < -0.39 is 0 Å². The van der Waals surface area contributed by atoms with Gasteiger partial charge in [-0.15, -0.1) is 0 Å². The SMILES string of the molecule is C=c1cc(C2=CC=C(CN3CCCN(C)CC3)CC2)o/c1=C\C.COOC. The van der Waals surface area contributed by atoms with Gasteiger partial charge >= 0.3 is 0 Å². The highest BCUT2D eigenvalue weighted by Gasteiger charge is 2.16. The molecule has 1 fully saturated rings. The normalized spacial score (nSPS) is 19.8. The number of rotatable bonds is 4. The highest BCUT2D eigenvalue weighted by atomic mass is 17.2. The zero-order valence-electron chi connectivity index (χ0n) is 17.3. The Morgan fingerprint density at radius 1 is 1.11 bits per heavy atom. The maximum Gasteiger partial charge on any atom is 0.131 e. The monoisotopic (exact) mass is 374 g/mol. The summed E-state index contributed by atoms with van der Waals surface area (Å²) in [7, 11) is 5.14. The van der Waals surface area contributed by atoms with Crippen molar-refractivity contribution in [3.05, 3.63) is 40.2 Å². The van der Waals surface area contributed by atoms with E-state index in [-0.39, 0.29) is 0 Å². The molecule has 5 nitrogen and oxygen atoms in total. The number of furan rings is 1. The summed E-state index contributed by atoms with van der Waals surface area (Å²) in [6.07, 6.45) is 9.99. The van der Waals surface area contributed by atoms with Crippen molar-refractivity contribution < 1.29 is 14.2 Å². The molecule has 1 aliphatic heterocycles. The van der Waals surface area contributed by atoms with Crippen LogP contribution in [0.15, 0.2) is 28.2 Å². The predicted octanol–water partition coefficient (Wildman–Crippen LogP) is 2.43. The Labute approximate surface area is 163 Å². The summed E-state index contributed by atoms with van der Waals surface area (Å²) in [5, 5.41) is 0.979. The van der Waals surface area contributed by atoms with E-state index in [4.69, 9.17) is 4.42 Å². The summed E-state index contributed by atoms with van der Waals surface area (Å²) in [4.78, 5) is 13.1. The lowest BCUT2D eigenvalue weighted by Crippen LogP contribution is -2.30. The average Bonchev–Trinajstić information content (AvgIpc) is 2.95. The number of nitrogens with zero attached hydrogens (tertiary/aromatic N) is 2. The van der Waals surface area contributed by atoms with Crippen LogP contribution in [0.5, 0.6) is 0 Å². The Morgan fingerprint density at radius 2 is 1.89 bits per heavy atom. The summed E-state index contributed by atoms with van der Waals surface area (Å²) in [5.41, 5.74) is 3.73. The van der Waals surface area contributed by atoms with E-state index in [9.17, 15) is 0 Å². The van der Waals surface area contributed by atoms with Crippen LogP contribution in [-0.2, 0) is 9.78 Å². The van der Waals surface area contributed by atoms with Gasteiger partial charge in [0, 0.05) is 24.9 Å². The fourth-order valence-electron chi connectivity index (χ4n) is 3.41. The summed E-state index contributed by atoms with van der Waals surface area (Å²) in [5.74, 6) is 0.981. The van der Waals surface area contributed by atoms with Crippen molar-refractivity contribution in [3.8, 4) is 0 Å². The lowest BCUT2D eigenvalue weighted by Gasteiger charge is -2.23. The van der Waals surface area contributed by atoms with Crippen molar-refractivity contribution in [3.63, 3.8) is 0 Å². The van der Waals surface area contributed by atoms with E-state index >= 15 is 0 Å². The minimum Gasteiger partial charge on any atom is -0.457 e. The number of likely N-dealkylation sites (N-methyl/N-ethyl adjacent to an activating group) is 1. The van der Waals surface area contributed by atoms with Crippen LogP contribution < -0.4 is 10.6 Å². The number of hydrogen-bond donors (Lipinski definition) is 0. The maximum atomic E-state index is 5.89. The largest absolute Gasteiger partial charge is 0.457 e. The van der Waals surface area contributed by atoms with Crippen molar-refractivity contribution in [2.45, 2.75) is 26.2 Å². The van der Waals surface area contributed by atoms with Crippen molar-refractivity contribution in [2.24, 2.45) is 0 Å². The first-order valence-electron chi connectivity index (χ1n) is 9.69. The average molecular weight is 375 g/mol. The summed E-state index contributed by atoms with van der Waals surface area (Å²) >= 11 is 0. The van der Waals surface area contributed by atoms with Crippen LogP contribution in [0.3, 0.4) is 0 Å². The van der Waals surface area contributed by atoms with Crippen LogP contribution in [0.2, 0.25) is 0 Å². The Bertz CT molecular complexity index is 746. The van der Waals surface area contributed by atoms with Gasteiger partial charge in [0.2, 0.25) is 0 Å². The third kappa shape index (κ3) is 6.78. The van der Waals surface area contributed by atoms with Crippen LogP contribution >= 0.6 is 0 Å². The quantitative estimate of drug-likeness (QED) is 0.598. The molecule has 3 rings (SSSR count). The Hall–Kier alpha value is -1.66. The lowest BCUT2D eigenvalue weighted by molar-refractivity contribution is -0.248. The van der Waals surface area contributed by atoms with E-state index in [0.717, 1.165) is 35.8 Å². The molecule has 0 spiro atoms. The van der Waals surface area contributed by atoms with Crippen molar-refractivity contribution in [2.75, 3.05) is 54.0 Å². The molecule has 0 N–H and O–H groups in total. The molecule has 0 aromatic carbocycles. The van der Waals surface area contributed by atoms with E-state index in [2.05, 4.69) is 51.4 Å². The minimum absolute atomic E-state index is 0.893. The zero-order chi connectivity index (χ0) is 19.6. The van der Waals surface area contributed by atoms with Gasteiger partial charge < -0.3 is 9.32 Å². The van der Waals surface area contributed by atoms with Gasteiger partial charge in [-0.05, 0) is 64.0 Å². The maximum absolute atomic E-state index is 5.89. The van der Waals surface area contributed by atoms with Crippen LogP contribution in [0.25, 0.3) is 18.2 Å².